The summed E-state index contributed by atoms with van der Waals surface area (Å²) in [6, 6.07) is 12.9. The molecule has 0 aliphatic heterocycles. The summed E-state index contributed by atoms with van der Waals surface area (Å²) >= 11 is 0. The van der Waals surface area contributed by atoms with Gasteiger partial charge in [-0.05, 0) is 67.3 Å². The quantitative estimate of drug-likeness (QED) is 0.573. The first kappa shape index (κ1) is 20.1. The Hall–Kier alpha value is -3.26. The molecule has 2 rings (SSSR count). The number of aryl methyl sites for hydroxylation is 2. The largest absolute Gasteiger partial charge is 0.493 e. The highest BCUT2D eigenvalue weighted by atomic mass is 16.5. The highest BCUT2D eigenvalue weighted by Gasteiger charge is 2.11. The number of hydrogen-bond donors (Lipinski definition) is 1. The predicted octanol–water partition coefficient (Wildman–Crippen LogP) is 4.65. The minimum absolute atomic E-state index is 0.0137. The summed E-state index contributed by atoms with van der Waals surface area (Å²) in [5.74, 6) is 0.742. The van der Waals surface area contributed by atoms with Gasteiger partial charge in [0.1, 0.15) is 11.6 Å². The van der Waals surface area contributed by atoms with Crippen molar-refractivity contribution < 1.29 is 14.3 Å². The Kier molecular flexibility index (Phi) is 7.01. The third-order valence-corrected chi connectivity index (χ3v) is 4.09. The molecule has 1 amide bonds. The minimum atomic E-state index is -0.451. The molecule has 0 fully saturated rings. The summed E-state index contributed by atoms with van der Waals surface area (Å²) in [5, 5.41) is 12.2. The second kappa shape index (κ2) is 9.44. The number of nitrogens with one attached hydrogen (secondary N) is 1. The molecule has 0 saturated heterocycles. The number of carbonyl (C=O) groups is 1. The number of benzene rings is 2. The molecular formula is C22H24N2O3. The van der Waals surface area contributed by atoms with Gasteiger partial charge in [-0.2, -0.15) is 5.26 Å². The van der Waals surface area contributed by atoms with E-state index < -0.39 is 5.91 Å². The van der Waals surface area contributed by atoms with E-state index in [9.17, 15) is 10.1 Å². The molecule has 0 heterocycles. The van der Waals surface area contributed by atoms with E-state index in [-0.39, 0.29) is 5.57 Å². The number of nitrogens with zero attached hydrogens (tertiary/aromatic N) is 1. The van der Waals surface area contributed by atoms with Crippen molar-refractivity contribution in [3.63, 3.8) is 0 Å². The van der Waals surface area contributed by atoms with Crippen LogP contribution in [0, 0.1) is 25.2 Å². The number of ether oxygens (including phenoxy) is 2. The topological polar surface area (TPSA) is 71.3 Å². The smallest absolute Gasteiger partial charge is 0.266 e. The zero-order valence-electron chi connectivity index (χ0n) is 16.1. The van der Waals surface area contributed by atoms with Crippen molar-refractivity contribution in [2.75, 3.05) is 19.0 Å². The molecule has 0 radical (unpaired) electrons. The van der Waals surface area contributed by atoms with Crippen LogP contribution in [0.1, 0.15) is 30.0 Å². The molecule has 0 spiro atoms. The van der Waals surface area contributed by atoms with Gasteiger partial charge in [0.25, 0.3) is 5.91 Å². The van der Waals surface area contributed by atoms with E-state index in [2.05, 4.69) is 5.32 Å². The van der Waals surface area contributed by atoms with E-state index in [1.165, 1.54) is 6.08 Å². The van der Waals surface area contributed by atoms with E-state index >= 15 is 0 Å². The summed E-state index contributed by atoms with van der Waals surface area (Å²) in [7, 11) is 1.57. The molecule has 1 N–H and O–H groups in total. The summed E-state index contributed by atoms with van der Waals surface area (Å²) in [6.45, 7) is 6.55. The lowest BCUT2D eigenvalue weighted by Gasteiger charge is -2.11. The van der Waals surface area contributed by atoms with Crippen molar-refractivity contribution in [1.29, 1.82) is 5.26 Å². The van der Waals surface area contributed by atoms with Gasteiger partial charge < -0.3 is 14.8 Å². The first-order valence-corrected chi connectivity index (χ1v) is 8.79. The summed E-state index contributed by atoms with van der Waals surface area (Å²) < 4.78 is 11.0. The van der Waals surface area contributed by atoms with E-state index in [0.29, 0.717) is 29.4 Å². The number of amides is 1. The van der Waals surface area contributed by atoms with Gasteiger partial charge in [0.2, 0.25) is 0 Å². The molecule has 2 aromatic carbocycles. The van der Waals surface area contributed by atoms with Crippen LogP contribution >= 0.6 is 0 Å². The van der Waals surface area contributed by atoms with E-state index in [4.69, 9.17) is 9.47 Å². The summed E-state index contributed by atoms with van der Waals surface area (Å²) in [5.41, 5.74) is 3.57. The number of carbonyl (C=O) groups excluding carboxylic acids is 1. The number of nitriles is 1. The van der Waals surface area contributed by atoms with Crippen molar-refractivity contribution in [3.05, 3.63) is 58.7 Å². The highest BCUT2D eigenvalue weighted by Crippen LogP contribution is 2.29. The normalized spacial score (nSPS) is 10.9. The van der Waals surface area contributed by atoms with Gasteiger partial charge in [-0.15, -0.1) is 0 Å². The van der Waals surface area contributed by atoms with Crippen molar-refractivity contribution >= 4 is 17.7 Å². The Labute approximate surface area is 160 Å². The Morgan fingerprint density at radius 2 is 1.93 bits per heavy atom. The summed E-state index contributed by atoms with van der Waals surface area (Å²) in [4.78, 5) is 12.5. The lowest BCUT2D eigenvalue weighted by atomic mass is 10.1. The SMILES string of the molecule is CCCOc1cc(/C=C(\C#N)C(=O)Nc2ccc(C)c(C)c2)ccc1OC. The van der Waals surface area contributed by atoms with Crippen LogP contribution in [0.15, 0.2) is 42.0 Å². The average molecular weight is 364 g/mol. The van der Waals surface area contributed by atoms with Crippen LogP contribution in [0.5, 0.6) is 11.5 Å². The van der Waals surface area contributed by atoms with Gasteiger partial charge in [-0.25, -0.2) is 0 Å². The van der Waals surface area contributed by atoms with Crippen LogP contribution < -0.4 is 14.8 Å². The van der Waals surface area contributed by atoms with Gasteiger partial charge in [0.05, 0.1) is 13.7 Å². The lowest BCUT2D eigenvalue weighted by molar-refractivity contribution is -0.112. The maximum absolute atomic E-state index is 12.5. The Bertz CT molecular complexity index is 895. The molecular weight excluding hydrogens is 340 g/mol. The predicted molar refractivity (Wildman–Crippen MR) is 107 cm³/mol. The molecule has 0 unspecified atom stereocenters. The standard InChI is InChI=1S/C22H24N2O3/c1-5-10-27-21-13-17(7-9-20(21)26-4)12-18(14-23)22(25)24-19-8-6-15(2)16(3)11-19/h6-9,11-13H,5,10H2,1-4H3,(H,24,25)/b18-12+. The van der Waals surface area contributed by atoms with Crippen molar-refractivity contribution in [1.82, 2.24) is 0 Å². The molecule has 5 nitrogen and oxygen atoms in total. The van der Waals surface area contributed by atoms with E-state index in [1.54, 1.807) is 25.3 Å². The molecule has 0 aliphatic carbocycles. The Balaban J connectivity index is 2.25. The lowest BCUT2D eigenvalue weighted by Crippen LogP contribution is -2.13. The highest BCUT2D eigenvalue weighted by molar-refractivity contribution is 6.09. The van der Waals surface area contributed by atoms with E-state index in [1.807, 2.05) is 45.0 Å². The Morgan fingerprint density at radius 1 is 1.15 bits per heavy atom. The zero-order valence-corrected chi connectivity index (χ0v) is 16.1. The van der Waals surface area contributed by atoms with Crippen LogP contribution in [-0.4, -0.2) is 19.6 Å². The molecule has 5 heteroatoms. The monoisotopic (exact) mass is 364 g/mol. The van der Waals surface area contributed by atoms with Gasteiger partial charge in [-0.3, -0.25) is 4.79 Å². The number of hydrogen-bond acceptors (Lipinski definition) is 4. The fraction of sp³-hybridized carbons (Fsp3) is 0.273. The molecule has 0 saturated carbocycles. The van der Waals surface area contributed by atoms with Crippen molar-refractivity contribution in [3.8, 4) is 17.6 Å². The first-order chi connectivity index (χ1) is 13.0. The van der Waals surface area contributed by atoms with Crippen molar-refractivity contribution in [2.45, 2.75) is 27.2 Å². The van der Waals surface area contributed by atoms with E-state index in [0.717, 1.165) is 17.5 Å². The molecule has 0 aliphatic rings. The van der Waals surface area contributed by atoms with Gasteiger partial charge in [0.15, 0.2) is 11.5 Å². The van der Waals surface area contributed by atoms with Gasteiger partial charge in [-0.1, -0.05) is 19.1 Å². The molecule has 0 bridgehead atoms. The third kappa shape index (κ3) is 5.35. The fourth-order valence-electron chi connectivity index (χ4n) is 2.44. The number of anilines is 1. The van der Waals surface area contributed by atoms with Crippen molar-refractivity contribution in [2.24, 2.45) is 0 Å². The molecule has 0 atom stereocenters. The van der Waals surface area contributed by atoms with Crippen LogP contribution in [0.4, 0.5) is 5.69 Å². The fourth-order valence-corrected chi connectivity index (χ4v) is 2.44. The average Bonchev–Trinajstić information content (AvgIpc) is 2.67. The number of methoxy groups -OCH3 is 1. The second-order valence-corrected chi connectivity index (χ2v) is 6.18. The maximum Gasteiger partial charge on any atom is 0.266 e. The molecule has 27 heavy (non-hydrogen) atoms. The third-order valence-electron chi connectivity index (χ3n) is 4.09. The molecule has 140 valence electrons. The molecule has 0 aromatic heterocycles. The minimum Gasteiger partial charge on any atom is -0.493 e. The maximum atomic E-state index is 12.5. The molecule has 2 aromatic rings. The van der Waals surface area contributed by atoms with Crippen LogP contribution in [0.3, 0.4) is 0 Å². The van der Waals surface area contributed by atoms with Crippen LogP contribution in [0.2, 0.25) is 0 Å². The zero-order chi connectivity index (χ0) is 19.8. The van der Waals surface area contributed by atoms with Crippen LogP contribution in [0.25, 0.3) is 6.08 Å². The summed E-state index contributed by atoms with van der Waals surface area (Å²) in [6.07, 6.45) is 2.40. The second-order valence-electron chi connectivity index (χ2n) is 6.18. The van der Waals surface area contributed by atoms with Crippen LogP contribution in [-0.2, 0) is 4.79 Å². The van der Waals surface area contributed by atoms with Gasteiger partial charge in [0, 0.05) is 5.69 Å². The first-order valence-electron chi connectivity index (χ1n) is 8.79. The Morgan fingerprint density at radius 3 is 2.56 bits per heavy atom. The van der Waals surface area contributed by atoms with Gasteiger partial charge >= 0.3 is 0 Å². The number of rotatable bonds is 7.